The van der Waals surface area contributed by atoms with E-state index in [2.05, 4.69) is 15.8 Å². The Hall–Kier alpha value is -3.72. The van der Waals surface area contributed by atoms with Crippen LogP contribution in [0.15, 0.2) is 71.1 Å². The van der Waals surface area contributed by atoms with Crippen LogP contribution in [0.25, 0.3) is 6.08 Å². The average Bonchev–Trinajstić information content (AvgIpc) is 2.68. The van der Waals surface area contributed by atoms with Gasteiger partial charge in [0.1, 0.15) is 5.75 Å². The minimum absolute atomic E-state index is 0. The van der Waals surface area contributed by atoms with Crippen molar-refractivity contribution in [2.45, 2.75) is 6.54 Å². The Labute approximate surface area is 156 Å². The Morgan fingerprint density at radius 3 is 2.56 bits per heavy atom. The highest BCUT2D eigenvalue weighted by Gasteiger charge is 2.03. The molecule has 142 valence electrons. The lowest BCUT2D eigenvalue weighted by Crippen LogP contribution is -2.24. The second kappa shape index (κ2) is 11.8. The molecule has 0 heterocycles. The number of carbonyl (C=O) groups is 1. The van der Waals surface area contributed by atoms with Gasteiger partial charge in [0.2, 0.25) is 6.54 Å². The van der Waals surface area contributed by atoms with E-state index in [1.807, 2.05) is 36.4 Å². The molecule has 0 atom stereocenters. The molecule has 9 heteroatoms. The zero-order valence-electron chi connectivity index (χ0n) is 14.9. The SMILES string of the molecule is O=C(COc1ccc(C/[N+]([O-])=N/O)cc1)N/N=C/C=C/c1ccccc1.[NH4+]. The van der Waals surface area contributed by atoms with E-state index in [0.717, 1.165) is 5.56 Å². The first-order valence-electron chi connectivity index (χ1n) is 7.72. The van der Waals surface area contributed by atoms with Crippen molar-refractivity contribution in [2.24, 2.45) is 10.4 Å². The molecule has 2 aromatic rings. The minimum atomic E-state index is -0.400. The Balaban J connectivity index is 0.00000364. The number of rotatable bonds is 8. The predicted molar refractivity (Wildman–Crippen MR) is 102 cm³/mol. The monoisotopic (exact) mass is 372 g/mol. The van der Waals surface area contributed by atoms with Crippen molar-refractivity contribution in [3.05, 3.63) is 77.0 Å². The van der Waals surface area contributed by atoms with E-state index < -0.39 is 5.91 Å². The highest BCUT2D eigenvalue weighted by Crippen LogP contribution is 2.12. The van der Waals surface area contributed by atoms with Gasteiger partial charge in [0.05, 0.1) is 0 Å². The van der Waals surface area contributed by atoms with Gasteiger partial charge in [-0.25, -0.2) is 5.43 Å². The molecule has 1 amide bonds. The van der Waals surface area contributed by atoms with Gasteiger partial charge in [-0.3, -0.25) is 4.79 Å². The Morgan fingerprint density at radius 1 is 1.19 bits per heavy atom. The first-order valence-corrected chi connectivity index (χ1v) is 7.72. The van der Waals surface area contributed by atoms with Crippen molar-refractivity contribution in [2.75, 3.05) is 6.61 Å². The molecule has 0 unspecified atom stereocenters. The summed E-state index contributed by atoms with van der Waals surface area (Å²) in [4.78, 5) is 11.8. The topological polar surface area (TPSA) is 146 Å². The summed E-state index contributed by atoms with van der Waals surface area (Å²) in [6.45, 7) is -0.277. The Morgan fingerprint density at radius 2 is 1.89 bits per heavy atom. The van der Waals surface area contributed by atoms with Crippen molar-refractivity contribution in [3.8, 4) is 5.75 Å². The molecule has 0 bridgehead atoms. The second-order valence-corrected chi connectivity index (χ2v) is 5.12. The maximum atomic E-state index is 11.6. The molecular weight excluding hydrogens is 350 g/mol. The molecule has 0 radical (unpaired) electrons. The van der Waals surface area contributed by atoms with Gasteiger partial charge in [-0.15, -0.1) is 0 Å². The third-order valence-corrected chi connectivity index (χ3v) is 3.15. The Bertz CT molecular complexity index is 789. The number of amides is 1. The summed E-state index contributed by atoms with van der Waals surface area (Å²) in [5, 5.41) is 25.5. The maximum absolute atomic E-state index is 11.6. The fraction of sp³-hybridized carbons (Fsp3) is 0.111. The molecule has 27 heavy (non-hydrogen) atoms. The van der Waals surface area contributed by atoms with Crippen molar-refractivity contribution in [3.63, 3.8) is 0 Å². The lowest BCUT2D eigenvalue weighted by atomic mass is 10.2. The predicted octanol–water partition coefficient (Wildman–Crippen LogP) is 3.11. The number of hydrogen-bond donors (Lipinski definition) is 3. The molecule has 6 N–H and O–H groups in total. The van der Waals surface area contributed by atoms with Gasteiger partial charge >= 0.3 is 0 Å². The number of quaternary nitrogens is 1. The van der Waals surface area contributed by atoms with Gasteiger partial charge in [0.15, 0.2) is 11.9 Å². The van der Waals surface area contributed by atoms with Crippen molar-refractivity contribution < 1.29 is 19.6 Å². The molecule has 0 aliphatic rings. The molecule has 0 spiro atoms. The third kappa shape index (κ3) is 8.27. The molecule has 9 nitrogen and oxygen atoms in total. The van der Waals surface area contributed by atoms with Crippen molar-refractivity contribution >= 4 is 18.2 Å². The molecule has 0 fully saturated rings. The number of hydrazone groups is 1. The average molecular weight is 372 g/mol. The van der Waals surface area contributed by atoms with E-state index in [4.69, 9.17) is 9.94 Å². The largest absolute Gasteiger partial charge is 0.597 e. The molecule has 0 saturated carbocycles. The van der Waals surface area contributed by atoms with Crippen LogP contribution in [0.2, 0.25) is 0 Å². The van der Waals surface area contributed by atoms with E-state index in [1.165, 1.54) is 6.21 Å². The minimum Gasteiger partial charge on any atom is -0.597 e. The number of carbonyl (C=O) groups excluding carboxylic acids is 1. The van der Waals surface area contributed by atoms with Crippen LogP contribution in [0, 0.1) is 5.21 Å². The molecule has 0 aliphatic heterocycles. The lowest BCUT2D eigenvalue weighted by Gasteiger charge is -2.05. The number of benzene rings is 2. The highest BCUT2D eigenvalue weighted by molar-refractivity contribution is 5.81. The molecule has 0 saturated heterocycles. The number of nitrogens with one attached hydrogen (secondary N) is 1. The zero-order chi connectivity index (χ0) is 18.6. The van der Waals surface area contributed by atoms with Gasteiger partial charge in [-0.05, 0) is 35.9 Å². The summed E-state index contributed by atoms with van der Waals surface area (Å²) in [5.74, 6) is 0.0680. The number of allylic oxidation sites excluding steroid dienone is 1. The van der Waals surface area contributed by atoms with Gasteiger partial charge in [0, 0.05) is 11.8 Å². The smallest absolute Gasteiger partial charge is 0.277 e. The van der Waals surface area contributed by atoms with Gasteiger partial charge in [-0.1, -0.05) is 41.3 Å². The summed E-state index contributed by atoms with van der Waals surface area (Å²) < 4.78 is 5.31. The fourth-order valence-electron chi connectivity index (χ4n) is 1.93. The van der Waals surface area contributed by atoms with E-state index in [9.17, 15) is 10.0 Å². The molecule has 0 aromatic heterocycles. The lowest BCUT2D eigenvalue weighted by molar-refractivity contribution is -0.570. The van der Waals surface area contributed by atoms with Crippen LogP contribution in [-0.4, -0.2) is 28.8 Å². The maximum Gasteiger partial charge on any atom is 0.277 e. The van der Waals surface area contributed by atoms with E-state index >= 15 is 0 Å². The van der Waals surface area contributed by atoms with Crippen LogP contribution in [0.3, 0.4) is 0 Å². The van der Waals surface area contributed by atoms with Gasteiger partial charge in [-0.2, -0.15) is 5.10 Å². The van der Waals surface area contributed by atoms with E-state index in [0.29, 0.717) is 11.3 Å². The van der Waals surface area contributed by atoms with Gasteiger partial charge < -0.3 is 21.3 Å². The fourth-order valence-corrected chi connectivity index (χ4v) is 1.93. The van der Waals surface area contributed by atoms with Gasteiger partial charge in [0.25, 0.3) is 5.91 Å². The second-order valence-electron chi connectivity index (χ2n) is 5.12. The van der Waals surface area contributed by atoms with Crippen molar-refractivity contribution in [1.82, 2.24) is 11.6 Å². The summed E-state index contributed by atoms with van der Waals surface area (Å²) in [7, 11) is 0. The summed E-state index contributed by atoms with van der Waals surface area (Å²) in [6, 6.07) is 16.2. The molecule has 2 aromatic carbocycles. The number of nitrogens with zero attached hydrogens (tertiary/aromatic N) is 3. The van der Waals surface area contributed by atoms with Crippen LogP contribution in [0.4, 0.5) is 0 Å². The van der Waals surface area contributed by atoms with E-state index in [-0.39, 0.29) is 24.2 Å². The number of ether oxygens (including phenoxy) is 1. The van der Waals surface area contributed by atoms with Crippen molar-refractivity contribution in [1.29, 1.82) is 0 Å². The van der Waals surface area contributed by atoms with E-state index in [1.54, 1.807) is 30.3 Å². The summed E-state index contributed by atoms with van der Waals surface area (Å²) >= 11 is 0. The zero-order valence-corrected chi connectivity index (χ0v) is 14.9. The van der Waals surface area contributed by atoms with Crippen LogP contribution in [0.1, 0.15) is 11.1 Å². The quantitative estimate of drug-likeness (QED) is 0.283. The number of hydrogen-bond acceptors (Lipinski definition) is 5. The standard InChI is InChI=1S/C18H18N4O4.H3N/c23-18(20-19-12-4-7-15-5-2-1-3-6-15)14-26-17-10-8-16(9-11-17)13-22(25)21-24;/h1-12,24H,13-14H2,(H,20,23);1H3/p+1/b7-4+,19-12+,22-21-;. The Kier molecular flexibility index (Phi) is 9.29. The molecule has 0 aliphatic carbocycles. The third-order valence-electron chi connectivity index (χ3n) is 3.15. The summed E-state index contributed by atoms with van der Waals surface area (Å²) in [6.07, 6.45) is 5.05. The number of hydroxylamine groups is 1. The van der Waals surface area contributed by atoms with Crippen LogP contribution < -0.4 is 16.3 Å². The first-order chi connectivity index (χ1) is 12.7. The highest BCUT2D eigenvalue weighted by atomic mass is 16.6. The molecular formula is C18H22N5O4+. The first kappa shape index (κ1) is 21.3. The van der Waals surface area contributed by atoms with Crippen LogP contribution >= 0.6 is 0 Å². The molecule has 2 rings (SSSR count). The van der Waals surface area contributed by atoms with Crippen LogP contribution in [0.5, 0.6) is 5.75 Å². The van der Waals surface area contributed by atoms with Crippen LogP contribution in [-0.2, 0) is 11.3 Å². The summed E-state index contributed by atoms with van der Waals surface area (Å²) in [5.41, 5.74) is 4.03. The normalized spacial score (nSPS) is 11.3.